The second-order valence-electron chi connectivity index (χ2n) is 4.40. The van der Waals surface area contributed by atoms with Crippen LogP contribution in [0.1, 0.15) is 12.0 Å². The highest BCUT2D eigenvalue weighted by molar-refractivity contribution is 14.1. The molecule has 2 aliphatic rings. The lowest BCUT2D eigenvalue weighted by atomic mass is 10.2. The van der Waals surface area contributed by atoms with Crippen molar-refractivity contribution in [3.8, 4) is 0 Å². The van der Waals surface area contributed by atoms with Crippen LogP contribution in [0, 0.1) is 3.57 Å². The maximum Gasteiger partial charge on any atom is 0.0237 e. The molecule has 2 saturated heterocycles. The predicted octanol–water partition coefficient (Wildman–Crippen LogP) is 2.98. The predicted molar refractivity (Wildman–Crippen MR) is 74.2 cm³/mol. The van der Waals surface area contributed by atoms with Gasteiger partial charge in [0.05, 0.1) is 0 Å². The number of likely N-dealkylation sites (tertiary alicyclic amines) is 1. The molecule has 1 aromatic carbocycles. The third-order valence-electron chi connectivity index (χ3n) is 3.31. The van der Waals surface area contributed by atoms with Gasteiger partial charge in [0.15, 0.2) is 0 Å². The van der Waals surface area contributed by atoms with Gasteiger partial charge in [0, 0.05) is 33.7 Å². The molecule has 0 amide bonds. The molecule has 2 aliphatic heterocycles. The van der Waals surface area contributed by atoms with Gasteiger partial charge in [0.1, 0.15) is 0 Å². The first kappa shape index (κ1) is 10.4. The van der Waals surface area contributed by atoms with Gasteiger partial charge in [-0.3, -0.25) is 4.90 Å². The number of hydrogen-bond donors (Lipinski definition) is 0. The summed E-state index contributed by atoms with van der Waals surface area (Å²) in [5, 5.41) is 0.929. The summed E-state index contributed by atoms with van der Waals surface area (Å²) in [4.78, 5) is 2.66. The molecule has 1 aromatic rings. The molecule has 2 fully saturated rings. The number of fused-ring (bicyclic) bond motifs is 2. The van der Waals surface area contributed by atoms with Crippen LogP contribution in [0.4, 0.5) is 0 Å². The van der Waals surface area contributed by atoms with Crippen molar-refractivity contribution >= 4 is 34.4 Å². The van der Waals surface area contributed by atoms with E-state index >= 15 is 0 Å². The second kappa shape index (κ2) is 4.26. The molecule has 3 rings (SSSR count). The fourth-order valence-corrected chi connectivity index (χ4v) is 4.35. The second-order valence-corrected chi connectivity index (χ2v) is 6.98. The van der Waals surface area contributed by atoms with Crippen molar-refractivity contribution in [2.45, 2.75) is 24.3 Å². The summed E-state index contributed by atoms with van der Waals surface area (Å²) in [6.45, 7) is 2.46. The Kier molecular flexibility index (Phi) is 2.96. The monoisotopic (exact) mass is 331 g/mol. The molecule has 2 bridgehead atoms. The van der Waals surface area contributed by atoms with Crippen molar-refractivity contribution in [2.24, 2.45) is 0 Å². The van der Waals surface area contributed by atoms with Crippen LogP contribution in [0.15, 0.2) is 24.3 Å². The van der Waals surface area contributed by atoms with E-state index < -0.39 is 0 Å². The van der Waals surface area contributed by atoms with E-state index in [9.17, 15) is 0 Å². The summed E-state index contributed by atoms with van der Waals surface area (Å²) in [7, 11) is 0. The molecule has 3 heteroatoms. The molecule has 0 radical (unpaired) electrons. The van der Waals surface area contributed by atoms with Gasteiger partial charge < -0.3 is 0 Å². The first-order chi connectivity index (χ1) is 7.31. The third kappa shape index (κ3) is 2.19. The number of thioether (sulfide) groups is 1. The average molecular weight is 331 g/mol. The van der Waals surface area contributed by atoms with E-state index in [1.165, 1.54) is 27.9 Å². The number of halogens is 1. The normalized spacial score (nSPS) is 29.9. The first-order valence-electron chi connectivity index (χ1n) is 5.41. The third-order valence-corrected chi connectivity index (χ3v) is 5.42. The standard InChI is InChI=1S/C12H14INS/c13-10-3-1-9(2-4-10)6-14-7-12-5-11(14)8-15-12/h1-4,11-12H,5-8H2. The largest absolute Gasteiger partial charge is 0.294 e. The van der Waals surface area contributed by atoms with Crippen molar-refractivity contribution in [1.29, 1.82) is 0 Å². The Morgan fingerprint density at radius 1 is 1.33 bits per heavy atom. The van der Waals surface area contributed by atoms with E-state index in [1.807, 2.05) is 0 Å². The molecule has 0 spiro atoms. The van der Waals surface area contributed by atoms with Gasteiger partial charge in [0.2, 0.25) is 0 Å². The molecule has 15 heavy (non-hydrogen) atoms. The zero-order chi connectivity index (χ0) is 10.3. The molecule has 0 aliphatic carbocycles. The minimum Gasteiger partial charge on any atom is -0.294 e. The highest BCUT2D eigenvalue weighted by atomic mass is 127. The van der Waals surface area contributed by atoms with E-state index in [-0.39, 0.29) is 0 Å². The van der Waals surface area contributed by atoms with Crippen LogP contribution < -0.4 is 0 Å². The Labute approximate surface area is 109 Å². The van der Waals surface area contributed by atoms with Crippen LogP contribution in [-0.2, 0) is 6.54 Å². The van der Waals surface area contributed by atoms with Crippen molar-refractivity contribution in [1.82, 2.24) is 4.90 Å². The van der Waals surface area contributed by atoms with Gasteiger partial charge in [-0.05, 0) is 46.7 Å². The molecular formula is C12H14INS. The summed E-state index contributed by atoms with van der Waals surface area (Å²) >= 11 is 4.53. The summed E-state index contributed by atoms with van der Waals surface area (Å²) in [5.74, 6) is 1.36. The maximum atomic E-state index is 2.66. The minimum atomic E-state index is 0.860. The van der Waals surface area contributed by atoms with Crippen molar-refractivity contribution in [3.05, 3.63) is 33.4 Å². The van der Waals surface area contributed by atoms with Crippen LogP contribution in [-0.4, -0.2) is 28.5 Å². The average Bonchev–Trinajstić information content (AvgIpc) is 2.83. The van der Waals surface area contributed by atoms with Crippen LogP contribution in [0.3, 0.4) is 0 Å². The van der Waals surface area contributed by atoms with Gasteiger partial charge in [-0.2, -0.15) is 11.8 Å². The quantitative estimate of drug-likeness (QED) is 0.767. The summed E-state index contributed by atoms with van der Waals surface area (Å²) in [6, 6.07) is 9.80. The van der Waals surface area contributed by atoms with Crippen LogP contribution in [0.25, 0.3) is 0 Å². The minimum absolute atomic E-state index is 0.860. The number of rotatable bonds is 2. The molecule has 80 valence electrons. The first-order valence-corrected chi connectivity index (χ1v) is 7.54. The zero-order valence-corrected chi connectivity index (χ0v) is 11.5. The topological polar surface area (TPSA) is 3.24 Å². The van der Waals surface area contributed by atoms with E-state index in [0.29, 0.717) is 0 Å². The fourth-order valence-electron chi connectivity index (χ4n) is 2.50. The van der Waals surface area contributed by atoms with E-state index in [2.05, 4.69) is 63.5 Å². The molecule has 2 atom stereocenters. The Morgan fingerprint density at radius 3 is 2.73 bits per heavy atom. The molecule has 0 N–H and O–H groups in total. The van der Waals surface area contributed by atoms with Gasteiger partial charge >= 0.3 is 0 Å². The van der Waals surface area contributed by atoms with Crippen molar-refractivity contribution in [3.63, 3.8) is 0 Å². The number of nitrogens with zero attached hydrogens (tertiary/aromatic N) is 1. The molecule has 2 heterocycles. The zero-order valence-electron chi connectivity index (χ0n) is 8.53. The molecule has 1 nitrogen and oxygen atoms in total. The lowest BCUT2D eigenvalue weighted by molar-refractivity contribution is 0.261. The molecular weight excluding hydrogens is 317 g/mol. The summed E-state index contributed by atoms with van der Waals surface area (Å²) < 4.78 is 1.33. The Hall–Kier alpha value is 0.260. The van der Waals surface area contributed by atoms with Gasteiger partial charge in [-0.1, -0.05) is 12.1 Å². The molecule has 0 saturated carbocycles. The Balaban J connectivity index is 1.68. The van der Waals surface area contributed by atoms with Crippen molar-refractivity contribution < 1.29 is 0 Å². The molecule has 2 unspecified atom stereocenters. The Bertz CT molecular complexity index is 351. The number of benzene rings is 1. The van der Waals surface area contributed by atoms with E-state index in [0.717, 1.165) is 17.8 Å². The smallest absolute Gasteiger partial charge is 0.0237 e. The van der Waals surface area contributed by atoms with Crippen LogP contribution >= 0.6 is 34.4 Å². The highest BCUT2D eigenvalue weighted by Gasteiger charge is 2.37. The van der Waals surface area contributed by atoms with Gasteiger partial charge in [-0.15, -0.1) is 0 Å². The van der Waals surface area contributed by atoms with E-state index in [1.54, 1.807) is 0 Å². The SMILES string of the molecule is Ic1ccc(CN2CC3CC2CS3)cc1. The van der Waals surface area contributed by atoms with E-state index in [4.69, 9.17) is 0 Å². The summed E-state index contributed by atoms with van der Waals surface area (Å²) in [5.41, 5.74) is 1.47. The summed E-state index contributed by atoms with van der Waals surface area (Å²) in [6.07, 6.45) is 1.43. The molecule has 0 aromatic heterocycles. The van der Waals surface area contributed by atoms with Crippen molar-refractivity contribution in [2.75, 3.05) is 12.3 Å². The maximum absolute atomic E-state index is 2.66. The highest BCUT2D eigenvalue weighted by Crippen LogP contribution is 2.38. The number of hydrogen-bond acceptors (Lipinski definition) is 2. The Morgan fingerprint density at radius 2 is 2.13 bits per heavy atom. The fraction of sp³-hybridized carbons (Fsp3) is 0.500. The van der Waals surface area contributed by atoms with Gasteiger partial charge in [0.25, 0.3) is 0 Å². The lowest BCUT2D eigenvalue weighted by Gasteiger charge is -2.26. The van der Waals surface area contributed by atoms with Crippen LogP contribution in [0.2, 0.25) is 0 Å². The lowest BCUT2D eigenvalue weighted by Crippen LogP contribution is -2.33. The van der Waals surface area contributed by atoms with Crippen LogP contribution in [0.5, 0.6) is 0 Å². The van der Waals surface area contributed by atoms with Gasteiger partial charge in [-0.25, -0.2) is 0 Å².